The largest absolute Gasteiger partial charge is 0.495 e. The molecule has 0 bridgehead atoms. The van der Waals surface area contributed by atoms with Gasteiger partial charge in [-0.2, -0.15) is 0 Å². The Morgan fingerprint density at radius 1 is 1.13 bits per heavy atom. The Kier molecular flexibility index (Phi) is 4.82. The molecule has 3 heterocycles. The van der Waals surface area contributed by atoms with Gasteiger partial charge >= 0.3 is 0 Å². The molecule has 31 heavy (non-hydrogen) atoms. The van der Waals surface area contributed by atoms with E-state index in [2.05, 4.69) is 15.0 Å². The van der Waals surface area contributed by atoms with Crippen LogP contribution in [0.15, 0.2) is 65.7 Å². The highest BCUT2D eigenvalue weighted by molar-refractivity contribution is 6.02. The lowest BCUT2D eigenvalue weighted by Gasteiger charge is -2.35. The number of aromatic nitrogens is 2. The zero-order chi connectivity index (χ0) is 21.4. The van der Waals surface area contributed by atoms with Gasteiger partial charge < -0.3 is 14.0 Å². The fourth-order valence-electron chi connectivity index (χ4n) is 3.79. The van der Waals surface area contributed by atoms with Crippen molar-refractivity contribution in [1.82, 2.24) is 14.6 Å². The van der Waals surface area contributed by atoms with Crippen molar-refractivity contribution in [2.24, 2.45) is 4.99 Å². The molecule has 2 aromatic carbocycles. The van der Waals surface area contributed by atoms with E-state index in [-0.39, 0.29) is 5.82 Å². The first kappa shape index (κ1) is 19.2. The summed E-state index contributed by atoms with van der Waals surface area (Å²) < 4.78 is 26.8. The quantitative estimate of drug-likeness (QED) is 0.644. The van der Waals surface area contributed by atoms with E-state index in [4.69, 9.17) is 9.47 Å². The number of anilines is 1. The lowest BCUT2D eigenvalue weighted by Crippen LogP contribution is -2.47. The number of methoxy groups -OCH3 is 1. The molecule has 0 aliphatic carbocycles. The third-order valence-corrected chi connectivity index (χ3v) is 5.29. The van der Waals surface area contributed by atoms with Gasteiger partial charge in [-0.25, -0.2) is 14.4 Å². The fourth-order valence-corrected chi connectivity index (χ4v) is 3.79. The molecule has 0 radical (unpaired) electrons. The van der Waals surface area contributed by atoms with Crippen molar-refractivity contribution in [3.8, 4) is 11.4 Å². The minimum atomic E-state index is -0.255. The molecule has 0 spiro atoms. The zero-order valence-electron chi connectivity index (χ0n) is 17.3. The van der Waals surface area contributed by atoms with Crippen molar-refractivity contribution < 1.29 is 13.9 Å². The standard InChI is InChI=1S/C23H22FN5O2/c1-16-13-27(14-25-16)20-8-3-17(11-21(20)30-2)12-22-23-26-15-29(28(23)9-10-31-22)19-6-4-18(24)5-7-19/h3-8,11-14H,9-10,15H2,1-2H3/b22-12-. The van der Waals surface area contributed by atoms with Crippen LogP contribution in [0.2, 0.25) is 0 Å². The molecule has 0 amide bonds. The van der Waals surface area contributed by atoms with Crippen molar-refractivity contribution in [2.75, 3.05) is 31.9 Å². The Labute approximate surface area is 179 Å². The summed E-state index contributed by atoms with van der Waals surface area (Å²) in [5, 5.41) is 4.10. The summed E-state index contributed by atoms with van der Waals surface area (Å²) in [6.45, 7) is 3.62. The molecule has 0 saturated carbocycles. The maximum absolute atomic E-state index is 13.3. The van der Waals surface area contributed by atoms with Crippen LogP contribution in [0, 0.1) is 12.7 Å². The van der Waals surface area contributed by atoms with Crippen LogP contribution in [-0.2, 0) is 4.74 Å². The van der Waals surface area contributed by atoms with Crippen molar-refractivity contribution in [3.05, 3.63) is 77.8 Å². The highest BCUT2D eigenvalue weighted by atomic mass is 19.1. The number of hydrogen-bond donors (Lipinski definition) is 0. The molecule has 3 aromatic rings. The van der Waals surface area contributed by atoms with Gasteiger partial charge in [-0.3, -0.25) is 10.0 Å². The molecule has 0 unspecified atom stereocenters. The van der Waals surface area contributed by atoms with Gasteiger partial charge in [0, 0.05) is 6.20 Å². The number of halogens is 1. The van der Waals surface area contributed by atoms with E-state index in [1.165, 1.54) is 12.1 Å². The average molecular weight is 419 g/mol. The van der Waals surface area contributed by atoms with Crippen LogP contribution in [0.1, 0.15) is 11.3 Å². The summed E-state index contributed by atoms with van der Waals surface area (Å²) in [5.74, 6) is 1.95. The molecular weight excluding hydrogens is 397 g/mol. The Morgan fingerprint density at radius 2 is 1.97 bits per heavy atom. The first-order chi connectivity index (χ1) is 15.1. The summed E-state index contributed by atoms with van der Waals surface area (Å²) >= 11 is 0. The van der Waals surface area contributed by atoms with Gasteiger partial charge in [0.25, 0.3) is 0 Å². The van der Waals surface area contributed by atoms with Crippen LogP contribution in [-0.4, -0.2) is 47.3 Å². The SMILES string of the molecule is COc1cc(/C=C2\OCCN3C2=NCN3c2ccc(F)cc2)ccc1-n1cnc(C)c1. The summed E-state index contributed by atoms with van der Waals surface area (Å²) in [4.78, 5) is 8.95. The number of nitrogens with zero attached hydrogens (tertiary/aromatic N) is 5. The van der Waals surface area contributed by atoms with Crippen LogP contribution in [0.4, 0.5) is 10.1 Å². The molecule has 1 saturated heterocycles. The molecule has 7 nitrogen and oxygen atoms in total. The highest BCUT2D eigenvalue weighted by Crippen LogP contribution is 2.29. The predicted octanol–water partition coefficient (Wildman–Crippen LogP) is 3.79. The second kappa shape index (κ2) is 7.79. The summed E-state index contributed by atoms with van der Waals surface area (Å²) in [6.07, 6.45) is 5.69. The Bertz CT molecular complexity index is 1170. The van der Waals surface area contributed by atoms with Gasteiger partial charge in [-0.05, 0) is 55.0 Å². The lowest BCUT2D eigenvalue weighted by molar-refractivity contribution is 0.172. The minimum absolute atomic E-state index is 0.255. The van der Waals surface area contributed by atoms with Gasteiger partial charge in [-0.1, -0.05) is 6.07 Å². The van der Waals surface area contributed by atoms with Crippen molar-refractivity contribution in [2.45, 2.75) is 6.92 Å². The molecule has 0 N–H and O–H groups in total. The number of aryl methyl sites for hydroxylation is 1. The van der Waals surface area contributed by atoms with Crippen molar-refractivity contribution >= 4 is 17.6 Å². The molecule has 2 aliphatic heterocycles. The average Bonchev–Trinajstić information content (AvgIpc) is 3.41. The number of hydrogen-bond acceptors (Lipinski definition) is 6. The lowest BCUT2D eigenvalue weighted by atomic mass is 10.1. The Morgan fingerprint density at radius 3 is 2.71 bits per heavy atom. The summed E-state index contributed by atoms with van der Waals surface area (Å²) in [6, 6.07) is 12.4. The molecule has 0 atom stereocenters. The Balaban J connectivity index is 1.42. The number of aliphatic imine (C=N–C) groups is 1. The highest BCUT2D eigenvalue weighted by Gasteiger charge is 2.32. The third-order valence-electron chi connectivity index (χ3n) is 5.29. The minimum Gasteiger partial charge on any atom is -0.495 e. The topological polar surface area (TPSA) is 55.1 Å². The van der Waals surface area contributed by atoms with Crippen LogP contribution >= 0.6 is 0 Å². The Hall–Kier alpha value is -3.81. The third kappa shape index (κ3) is 3.61. The molecule has 158 valence electrons. The van der Waals surface area contributed by atoms with Gasteiger partial charge in [0.1, 0.15) is 24.8 Å². The van der Waals surface area contributed by atoms with Crippen LogP contribution in [0.5, 0.6) is 5.75 Å². The number of hydrazine groups is 1. The normalized spacial score (nSPS) is 16.9. The number of morpholine rings is 1. The fraction of sp³-hybridized carbons (Fsp3) is 0.217. The van der Waals surface area contributed by atoms with Gasteiger partial charge in [-0.15, -0.1) is 0 Å². The second-order valence-electron chi connectivity index (χ2n) is 7.33. The maximum atomic E-state index is 13.3. The maximum Gasteiger partial charge on any atom is 0.187 e. The number of benzene rings is 2. The summed E-state index contributed by atoms with van der Waals surface area (Å²) in [5.41, 5.74) is 3.69. The molecule has 5 rings (SSSR count). The molecule has 8 heteroatoms. The van der Waals surface area contributed by atoms with E-state index < -0.39 is 0 Å². The molecule has 1 fully saturated rings. The molecular formula is C23H22FN5O2. The number of fused-ring (bicyclic) bond motifs is 1. The van der Waals surface area contributed by atoms with Crippen LogP contribution < -0.4 is 9.75 Å². The van der Waals surface area contributed by atoms with Gasteiger partial charge in [0.2, 0.25) is 0 Å². The number of amidine groups is 1. The van der Waals surface area contributed by atoms with Gasteiger partial charge in [0.15, 0.2) is 11.6 Å². The number of ether oxygens (including phenoxy) is 2. The molecule has 1 aromatic heterocycles. The smallest absolute Gasteiger partial charge is 0.187 e. The van der Waals surface area contributed by atoms with Crippen molar-refractivity contribution in [1.29, 1.82) is 0 Å². The van der Waals surface area contributed by atoms with Crippen molar-refractivity contribution in [3.63, 3.8) is 0 Å². The zero-order valence-corrected chi connectivity index (χ0v) is 17.3. The predicted molar refractivity (Wildman–Crippen MR) is 117 cm³/mol. The molecule has 2 aliphatic rings. The van der Waals surface area contributed by atoms with Gasteiger partial charge in [0.05, 0.1) is 37.1 Å². The van der Waals surface area contributed by atoms with E-state index in [1.807, 2.05) is 47.0 Å². The second-order valence-corrected chi connectivity index (χ2v) is 7.33. The van der Waals surface area contributed by atoms with Crippen LogP contribution in [0.3, 0.4) is 0 Å². The van der Waals surface area contributed by atoms with E-state index in [0.717, 1.165) is 34.2 Å². The number of imidazole rings is 1. The van der Waals surface area contributed by atoms with E-state index in [1.54, 1.807) is 25.6 Å². The van der Waals surface area contributed by atoms with E-state index >= 15 is 0 Å². The van der Waals surface area contributed by atoms with Crippen LogP contribution in [0.25, 0.3) is 11.8 Å². The van der Waals surface area contributed by atoms with E-state index in [0.29, 0.717) is 25.6 Å². The monoisotopic (exact) mass is 419 g/mol. The first-order valence-electron chi connectivity index (χ1n) is 10.0. The summed E-state index contributed by atoms with van der Waals surface area (Å²) in [7, 11) is 1.65. The first-order valence-corrected chi connectivity index (χ1v) is 10.0. The number of rotatable bonds is 4. The van der Waals surface area contributed by atoms with E-state index in [9.17, 15) is 4.39 Å².